The minimum Gasteiger partial charge on any atom is -0.476 e. The minimum absolute atomic E-state index is 0.136. The van der Waals surface area contributed by atoms with E-state index in [2.05, 4.69) is 10.1 Å². The van der Waals surface area contributed by atoms with E-state index in [0.29, 0.717) is 5.92 Å². The highest BCUT2D eigenvalue weighted by Crippen LogP contribution is 2.28. The van der Waals surface area contributed by atoms with E-state index in [1.54, 1.807) is 10.9 Å². The normalized spacial score (nSPS) is 18.6. The zero-order chi connectivity index (χ0) is 12.7. The van der Waals surface area contributed by atoms with Crippen LogP contribution in [-0.2, 0) is 20.0 Å². The van der Waals surface area contributed by atoms with Gasteiger partial charge in [-0.2, -0.15) is 5.10 Å². The monoisotopic (exact) mass is 246 g/mol. The van der Waals surface area contributed by atoms with Gasteiger partial charge in [0, 0.05) is 38.3 Å². The number of carboxylic acids is 1. The lowest BCUT2D eigenvalue weighted by Gasteiger charge is -2.22. The molecular formula is C12H14N4O2. The summed E-state index contributed by atoms with van der Waals surface area (Å²) >= 11 is 0. The molecule has 18 heavy (non-hydrogen) atoms. The maximum absolute atomic E-state index is 10.9. The smallest absolute Gasteiger partial charge is 0.356 e. The third-order valence-corrected chi connectivity index (χ3v) is 3.41. The van der Waals surface area contributed by atoms with Gasteiger partial charge in [0.05, 0.1) is 6.20 Å². The first-order valence-electron chi connectivity index (χ1n) is 5.91. The van der Waals surface area contributed by atoms with Gasteiger partial charge in [0.15, 0.2) is 5.69 Å². The molecule has 3 rings (SSSR count). The number of imidazole rings is 1. The van der Waals surface area contributed by atoms with Gasteiger partial charge in [-0.15, -0.1) is 0 Å². The predicted molar refractivity (Wildman–Crippen MR) is 63.5 cm³/mol. The average molecular weight is 246 g/mol. The second kappa shape index (κ2) is 3.97. The first-order chi connectivity index (χ1) is 8.63. The minimum atomic E-state index is -0.963. The number of nitrogens with zero attached hydrogens (tertiary/aromatic N) is 4. The maximum Gasteiger partial charge on any atom is 0.356 e. The van der Waals surface area contributed by atoms with E-state index in [1.807, 2.05) is 24.0 Å². The van der Waals surface area contributed by atoms with Crippen molar-refractivity contribution in [3.05, 3.63) is 35.7 Å². The van der Waals surface area contributed by atoms with Gasteiger partial charge in [0.25, 0.3) is 0 Å². The molecule has 1 aliphatic heterocycles. The molecule has 6 nitrogen and oxygen atoms in total. The zero-order valence-electron chi connectivity index (χ0n) is 10.1. The third kappa shape index (κ3) is 1.79. The Labute approximate surface area is 104 Å². The van der Waals surface area contributed by atoms with E-state index >= 15 is 0 Å². The lowest BCUT2D eigenvalue weighted by molar-refractivity contribution is 0.0691. The van der Waals surface area contributed by atoms with Crippen molar-refractivity contribution in [1.29, 1.82) is 0 Å². The Balaban J connectivity index is 1.86. The number of aromatic nitrogens is 4. The van der Waals surface area contributed by atoms with Crippen LogP contribution in [0.2, 0.25) is 0 Å². The topological polar surface area (TPSA) is 72.9 Å². The van der Waals surface area contributed by atoms with Gasteiger partial charge in [0.2, 0.25) is 0 Å². The highest BCUT2D eigenvalue weighted by molar-refractivity contribution is 5.85. The quantitative estimate of drug-likeness (QED) is 0.859. The molecular weight excluding hydrogens is 232 g/mol. The van der Waals surface area contributed by atoms with Crippen LogP contribution in [0.3, 0.4) is 0 Å². The summed E-state index contributed by atoms with van der Waals surface area (Å²) in [5.41, 5.74) is 1.34. The Morgan fingerprint density at radius 2 is 2.33 bits per heavy atom. The molecule has 0 unspecified atom stereocenters. The van der Waals surface area contributed by atoms with Gasteiger partial charge in [-0.05, 0) is 12.0 Å². The molecule has 1 aliphatic rings. The predicted octanol–water partition coefficient (Wildman–Crippen LogP) is 1.04. The summed E-state index contributed by atoms with van der Waals surface area (Å²) < 4.78 is 3.74. The molecule has 0 aliphatic carbocycles. The van der Waals surface area contributed by atoms with E-state index in [4.69, 9.17) is 5.11 Å². The van der Waals surface area contributed by atoms with Crippen LogP contribution in [0.4, 0.5) is 0 Å². The van der Waals surface area contributed by atoms with Crippen molar-refractivity contribution in [1.82, 2.24) is 19.3 Å². The van der Waals surface area contributed by atoms with Crippen molar-refractivity contribution in [2.45, 2.75) is 25.3 Å². The third-order valence-electron chi connectivity index (χ3n) is 3.41. The summed E-state index contributed by atoms with van der Waals surface area (Å²) in [7, 11) is 1.90. The Morgan fingerprint density at radius 3 is 3.00 bits per heavy atom. The molecule has 2 aromatic rings. The number of hydrogen-bond acceptors (Lipinski definition) is 3. The van der Waals surface area contributed by atoms with Crippen molar-refractivity contribution >= 4 is 5.97 Å². The highest BCUT2D eigenvalue weighted by atomic mass is 16.4. The molecule has 1 N–H and O–H groups in total. The van der Waals surface area contributed by atoms with Crippen LogP contribution in [0.1, 0.15) is 34.2 Å². The van der Waals surface area contributed by atoms with Gasteiger partial charge in [0.1, 0.15) is 5.82 Å². The fraction of sp³-hybridized carbons (Fsp3) is 0.417. The molecule has 0 radical (unpaired) electrons. The maximum atomic E-state index is 10.9. The van der Waals surface area contributed by atoms with Crippen LogP contribution in [0.5, 0.6) is 0 Å². The largest absolute Gasteiger partial charge is 0.476 e. The van der Waals surface area contributed by atoms with Gasteiger partial charge in [-0.3, -0.25) is 4.68 Å². The Kier molecular flexibility index (Phi) is 2.43. The molecule has 6 heteroatoms. The SMILES string of the molecule is Cn1cc([C@H]2CCc3nc(C(=O)O)cn3C2)cn1. The fourth-order valence-electron chi connectivity index (χ4n) is 2.47. The van der Waals surface area contributed by atoms with Crippen LogP contribution in [-0.4, -0.2) is 30.4 Å². The first-order valence-corrected chi connectivity index (χ1v) is 5.91. The van der Waals surface area contributed by atoms with Crippen molar-refractivity contribution in [3.8, 4) is 0 Å². The van der Waals surface area contributed by atoms with Crippen molar-refractivity contribution in [3.63, 3.8) is 0 Å². The molecule has 0 saturated heterocycles. The number of aromatic carboxylic acids is 1. The number of carboxylic acid groups (broad SMARTS) is 1. The van der Waals surface area contributed by atoms with Gasteiger partial charge in [-0.25, -0.2) is 9.78 Å². The molecule has 3 heterocycles. The molecule has 0 saturated carbocycles. The second-order valence-corrected chi connectivity index (χ2v) is 4.68. The summed E-state index contributed by atoms with van der Waals surface area (Å²) in [6.45, 7) is 0.779. The fourth-order valence-corrected chi connectivity index (χ4v) is 2.47. The zero-order valence-corrected chi connectivity index (χ0v) is 10.1. The van der Waals surface area contributed by atoms with Gasteiger partial charge < -0.3 is 9.67 Å². The summed E-state index contributed by atoms with van der Waals surface area (Å²) in [4.78, 5) is 15.0. The Bertz CT molecular complexity index is 599. The second-order valence-electron chi connectivity index (χ2n) is 4.68. The molecule has 0 amide bonds. The van der Waals surface area contributed by atoms with Crippen molar-refractivity contribution in [2.24, 2.45) is 7.05 Å². The van der Waals surface area contributed by atoms with E-state index in [-0.39, 0.29) is 5.69 Å². The molecule has 0 fully saturated rings. The Morgan fingerprint density at radius 1 is 1.50 bits per heavy atom. The van der Waals surface area contributed by atoms with Crippen molar-refractivity contribution in [2.75, 3.05) is 0 Å². The lowest BCUT2D eigenvalue weighted by Crippen LogP contribution is -2.18. The molecule has 94 valence electrons. The molecule has 2 aromatic heterocycles. The van der Waals surface area contributed by atoms with E-state index in [0.717, 1.165) is 25.2 Å². The number of aryl methyl sites for hydroxylation is 2. The van der Waals surface area contributed by atoms with E-state index < -0.39 is 5.97 Å². The van der Waals surface area contributed by atoms with Crippen LogP contribution < -0.4 is 0 Å². The van der Waals surface area contributed by atoms with E-state index in [9.17, 15) is 4.79 Å². The number of rotatable bonds is 2. The number of carbonyl (C=O) groups is 1. The molecule has 0 spiro atoms. The lowest BCUT2D eigenvalue weighted by atomic mass is 9.94. The van der Waals surface area contributed by atoms with Crippen molar-refractivity contribution < 1.29 is 9.90 Å². The highest BCUT2D eigenvalue weighted by Gasteiger charge is 2.23. The average Bonchev–Trinajstić information content (AvgIpc) is 2.93. The number of hydrogen-bond donors (Lipinski definition) is 1. The van der Waals surface area contributed by atoms with E-state index in [1.165, 1.54) is 5.56 Å². The van der Waals surface area contributed by atoms with Crippen LogP contribution in [0, 0.1) is 0 Å². The first kappa shape index (κ1) is 11.0. The number of fused-ring (bicyclic) bond motifs is 1. The van der Waals surface area contributed by atoms with Crippen LogP contribution in [0.25, 0.3) is 0 Å². The van der Waals surface area contributed by atoms with Gasteiger partial charge >= 0.3 is 5.97 Å². The van der Waals surface area contributed by atoms with Crippen LogP contribution in [0.15, 0.2) is 18.6 Å². The summed E-state index contributed by atoms with van der Waals surface area (Å²) in [5.74, 6) is 0.296. The molecule has 1 atom stereocenters. The van der Waals surface area contributed by atoms with Gasteiger partial charge in [-0.1, -0.05) is 0 Å². The Hall–Kier alpha value is -2.11. The standard InChI is InChI=1S/C12H14N4O2/c1-15-5-9(4-13-15)8-2-3-11-14-10(12(17)18)7-16(11)6-8/h4-5,7-8H,2-3,6H2,1H3,(H,17,18)/t8-/m0/s1. The molecule has 0 aromatic carbocycles. The summed E-state index contributed by atoms with van der Waals surface area (Å²) in [6, 6.07) is 0. The summed E-state index contributed by atoms with van der Waals surface area (Å²) in [6.07, 6.45) is 7.32. The summed E-state index contributed by atoms with van der Waals surface area (Å²) in [5, 5.41) is 13.1. The molecule has 0 bridgehead atoms. The van der Waals surface area contributed by atoms with Crippen LogP contribution >= 0.6 is 0 Å².